The summed E-state index contributed by atoms with van der Waals surface area (Å²) in [7, 11) is 1.75. The van der Waals surface area contributed by atoms with Crippen LogP contribution < -0.4 is 5.32 Å². The lowest BCUT2D eigenvalue weighted by Crippen LogP contribution is -2.53. The van der Waals surface area contributed by atoms with Gasteiger partial charge in [0.1, 0.15) is 5.60 Å². The smallest absolute Gasteiger partial charge is 0.410 e. The first-order valence-electron chi connectivity index (χ1n) is 8.12. The number of rotatable bonds is 5. The Balaban J connectivity index is 1.83. The number of hydrogen-bond donors (Lipinski definition) is 1. The maximum atomic E-state index is 12.2. The second-order valence-corrected chi connectivity index (χ2v) is 7.33. The van der Waals surface area contributed by atoms with Crippen molar-refractivity contribution in [2.24, 2.45) is 5.92 Å². The largest absolute Gasteiger partial charge is 0.444 e. The molecule has 2 aliphatic rings. The number of amides is 1. The topological polar surface area (TPSA) is 50.8 Å². The average molecular weight is 298 g/mol. The van der Waals surface area contributed by atoms with Gasteiger partial charge in [0.15, 0.2) is 0 Å². The average Bonchev–Trinajstić information content (AvgIpc) is 3.21. The third-order valence-electron chi connectivity index (χ3n) is 4.06. The van der Waals surface area contributed by atoms with Gasteiger partial charge in [0.2, 0.25) is 0 Å². The van der Waals surface area contributed by atoms with Crippen LogP contribution in [0.4, 0.5) is 4.79 Å². The van der Waals surface area contributed by atoms with Gasteiger partial charge in [-0.25, -0.2) is 4.79 Å². The van der Waals surface area contributed by atoms with E-state index in [0.29, 0.717) is 12.1 Å². The van der Waals surface area contributed by atoms with E-state index in [4.69, 9.17) is 9.47 Å². The van der Waals surface area contributed by atoms with Crippen LogP contribution in [0.2, 0.25) is 0 Å². The number of carbonyl (C=O) groups is 1. The summed E-state index contributed by atoms with van der Waals surface area (Å²) >= 11 is 0. The number of piperidine rings is 1. The zero-order valence-corrected chi connectivity index (χ0v) is 13.9. The molecule has 0 aromatic rings. The van der Waals surface area contributed by atoms with Gasteiger partial charge in [-0.2, -0.15) is 0 Å². The molecule has 2 rings (SSSR count). The molecular weight excluding hydrogens is 268 g/mol. The standard InChI is InChI=1S/C16H30N2O3/c1-16(2,3)21-15(19)18-9-5-6-13(10-18)17-14(11-20-4)12-7-8-12/h12-14,17H,5-11H2,1-4H3. The molecule has 1 saturated carbocycles. The molecule has 21 heavy (non-hydrogen) atoms. The van der Waals surface area contributed by atoms with Crippen LogP contribution in [-0.4, -0.2) is 55.5 Å². The van der Waals surface area contributed by atoms with Crippen LogP contribution in [0.1, 0.15) is 46.5 Å². The zero-order chi connectivity index (χ0) is 15.5. The highest BCUT2D eigenvalue weighted by Crippen LogP contribution is 2.33. The minimum absolute atomic E-state index is 0.191. The maximum Gasteiger partial charge on any atom is 0.410 e. The summed E-state index contributed by atoms with van der Waals surface area (Å²) in [5, 5.41) is 3.69. The van der Waals surface area contributed by atoms with Crippen molar-refractivity contribution in [2.75, 3.05) is 26.8 Å². The Bertz CT molecular complexity index is 350. The molecule has 5 heteroatoms. The fraction of sp³-hybridized carbons (Fsp3) is 0.938. The van der Waals surface area contributed by atoms with Gasteiger partial charge in [0.05, 0.1) is 6.61 Å². The van der Waals surface area contributed by atoms with Crippen LogP contribution in [0.5, 0.6) is 0 Å². The first-order chi connectivity index (χ1) is 9.89. The van der Waals surface area contributed by atoms with Gasteiger partial charge in [-0.15, -0.1) is 0 Å². The number of nitrogens with one attached hydrogen (secondary N) is 1. The lowest BCUT2D eigenvalue weighted by molar-refractivity contribution is 0.0176. The van der Waals surface area contributed by atoms with Crippen LogP contribution in [0.15, 0.2) is 0 Å². The van der Waals surface area contributed by atoms with E-state index in [9.17, 15) is 4.79 Å². The highest BCUT2D eigenvalue weighted by atomic mass is 16.6. The van der Waals surface area contributed by atoms with E-state index < -0.39 is 5.60 Å². The molecule has 0 aromatic heterocycles. The van der Waals surface area contributed by atoms with Crippen LogP contribution in [0.25, 0.3) is 0 Å². The SMILES string of the molecule is COCC(NC1CCCN(C(=O)OC(C)(C)C)C1)C1CC1. The van der Waals surface area contributed by atoms with Gasteiger partial charge >= 0.3 is 6.09 Å². The van der Waals surface area contributed by atoms with E-state index in [-0.39, 0.29) is 6.09 Å². The van der Waals surface area contributed by atoms with Gasteiger partial charge < -0.3 is 19.7 Å². The summed E-state index contributed by atoms with van der Waals surface area (Å²) in [6.07, 6.45) is 4.55. The molecule has 1 N–H and O–H groups in total. The lowest BCUT2D eigenvalue weighted by Gasteiger charge is -2.36. The van der Waals surface area contributed by atoms with E-state index in [1.54, 1.807) is 7.11 Å². The van der Waals surface area contributed by atoms with Gasteiger partial charge in [0, 0.05) is 32.3 Å². The van der Waals surface area contributed by atoms with E-state index in [0.717, 1.165) is 38.5 Å². The monoisotopic (exact) mass is 298 g/mol. The van der Waals surface area contributed by atoms with E-state index in [2.05, 4.69) is 5.32 Å². The third-order valence-corrected chi connectivity index (χ3v) is 4.06. The number of hydrogen-bond acceptors (Lipinski definition) is 4. The summed E-state index contributed by atoms with van der Waals surface area (Å²) in [5.41, 5.74) is -0.427. The molecule has 2 fully saturated rings. The van der Waals surface area contributed by atoms with Crippen LogP contribution in [-0.2, 0) is 9.47 Å². The van der Waals surface area contributed by atoms with Crippen LogP contribution in [0.3, 0.4) is 0 Å². The lowest BCUT2D eigenvalue weighted by atomic mass is 10.0. The molecule has 2 atom stereocenters. The molecular formula is C16H30N2O3. The van der Waals surface area contributed by atoms with Crippen molar-refractivity contribution in [2.45, 2.75) is 64.1 Å². The minimum atomic E-state index is -0.427. The Morgan fingerprint density at radius 2 is 2.05 bits per heavy atom. The quantitative estimate of drug-likeness (QED) is 0.847. The Kier molecular flexibility index (Phi) is 5.49. The molecule has 1 aliphatic carbocycles. The van der Waals surface area contributed by atoms with Gasteiger partial charge in [-0.3, -0.25) is 0 Å². The second-order valence-electron chi connectivity index (χ2n) is 7.33. The van der Waals surface area contributed by atoms with Crippen LogP contribution >= 0.6 is 0 Å². The number of methoxy groups -OCH3 is 1. The fourth-order valence-corrected chi connectivity index (χ4v) is 2.91. The molecule has 1 aliphatic heterocycles. The van der Waals surface area contributed by atoms with E-state index in [1.165, 1.54) is 12.8 Å². The van der Waals surface area contributed by atoms with Gasteiger partial charge in [0.25, 0.3) is 0 Å². The van der Waals surface area contributed by atoms with Crippen molar-refractivity contribution in [1.29, 1.82) is 0 Å². The van der Waals surface area contributed by atoms with Crippen molar-refractivity contribution in [3.8, 4) is 0 Å². The van der Waals surface area contributed by atoms with Gasteiger partial charge in [-0.1, -0.05) is 0 Å². The van der Waals surface area contributed by atoms with Crippen molar-refractivity contribution in [1.82, 2.24) is 10.2 Å². The molecule has 1 amide bonds. The normalized spacial score (nSPS) is 24.8. The highest BCUT2D eigenvalue weighted by Gasteiger charge is 2.34. The molecule has 0 aromatic carbocycles. The Morgan fingerprint density at radius 1 is 1.33 bits per heavy atom. The van der Waals surface area contributed by atoms with E-state index >= 15 is 0 Å². The summed E-state index contributed by atoms with van der Waals surface area (Å²) in [6.45, 7) is 8.02. The maximum absolute atomic E-state index is 12.2. The molecule has 0 radical (unpaired) electrons. The van der Waals surface area contributed by atoms with Crippen molar-refractivity contribution < 1.29 is 14.3 Å². The minimum Gasteiger partial charge on any atom is -0.444 e. The predicted octanol–water partition coefficient (Wildman–Crippen LogP) is 2.40. The Labute approximate surface area is 128 Å². The molecule has 0 bridgehead atoms. The Hall–Kier alpha value is -0.810. The predicted molar refractivity (Wildman–Crippen MR) is 82.4 cm³/mol. The Morgan fingerprint density at radius 3 is 2.62 bits per heavy atom. The van der Waals surface area contributed by atoms with Gasteiger partial charge in [-0.05, 0) is 52.4 Å². The number of carbonyl (C=O) groups excluding carboxylic acids is 1. The van der Waals surface area contributed by atoms with Crippen LogP contribution in [0, 0.1) is 5.92 Å². The summed E-state index contributed by atoms with van der Waals surface area (Å²) in [6, 6.07) is 0.783. The molecule has 2 unspecified atom stereocenters. The van der Waals surface area contributed by atoms with Crippen molar-refractivity contribution >= 4 is 6.09 Å². The summed E-state index contributed by atoms with van der Waals surface area (Å²) < 4.78 is 10.8. The zero-order valence-electron chi connectivity index (χ0n) is 13.9. The number of ether oxygens (including phenoxy) is 2. The highest BCUT2D eigenvalue weighted by molar-refractivity contribution is 5.68. The molecule has 5 nitrogen and oxygen atoms in total. The first kappa shape index (κ1) is 16.6. The third kappa shape index (κ3) is 5.47. The number of nitrogens with zero attached hydrogens (tertiary/aromatic N) is 1. The summed E-state index contributed by atoms with van der Waals surface area (Å²) in [4.78, 5) is 14.0. The second kappa shape index (κ2) is 6.97. The molecule has 1 heterocycles. The molecule has 1 saturated heterocycles. The van der Waals surface area contributed by atoms with E-state index in [1.807, 2.05) is 25.7 Å². The van der Waals surface area contributed by atoms with Crippen molar-refractivity contribution in [3.05, 3.63) is 0 Å². The van der Waals surface area contributed by atoms with Crippen molar-refractivity contribution in [3.63, 3.8) is 0 Å². The summed E-state index contributed by atoms with van der Waals surface area (Å²) in [5.74, 6) is 0.752. The molecule has 122 valence electrons. The number of likely N-dealkylation sites (tertiary alicyclic amines) is 1. The first-order valence-corrected chi connectivity index (χ1v) is 8.12. The fourth-order valence-electron chi connectivity index (χ4n) is 2.91. The molecule has 0 spiro atoms.